The number of amides is 1. The number of carbonyl (C=O) groups is 1. The van der Waals surface area contributed by atoms with E-state index in [-0.39, 0.29) is 22.9 Å². The highest BCUT2D eigenvalue weighted by molar-refractivity contribution is 8.00. The SMILES string of the molecule is CCc1ccc(NC(=O)[C@@H](C)Sc2[nH+]c(N)c(C#N)cc2C#N)cc1. The molecule has 1 heterocycles. The molecule has 0 aliphatic carbocycles. The van der Waals surface area contributed by atoms with Crippen LogP contribution < -0.4 is 16.0 Å². The number of thioether (sulfide) groups is 1. The first kappa shape index (κ1) is 18.3. The Morgan fingerprint density at radius 3 is 2.48 bits per heavy atom. The highest BCUT2D eigenvalue weighted by Crippen LogP contribution is 2.25. The van der Waals surface area contributed by atoms with E-state index in [0.717, 1.165) is 12.1 Å². The first-order chi connectivity index (χ1) is 12.0. The Bertz CT molecular complexity index is 865. The number of hydrogen-bond donors (Lipinski definition) is 2. The Kier molecular flexibility index (Phi) is 5.99. The maximum atomic E-state index is 12.4. The van der Waals surface area contributed by atoms with Gasteiger partial charge in [0.1, 0.15) is 23.3 Å². The highest BCUT2D eigenvalue weighted by atomic mass is 32.2. The standard InChI is InChI=1S/C18H17N5OS/c1-3-12-4-6-15(7-5-12)22-17(24)11(2)25-18-14(10-20)8-13(9-19)16(21)23-18/h4-8,11H,3H2,1-2H3,(H2,21,23)(H,22,24)/p+1/t11-/m1/s1. The fourth-order valence-corrected chi connectivity index (χ4v) is 3.03. The summed E-state index contributed by atoms with van der Waals surface area (Å²) in [5.41, 5.74) is 8.16. The number of carbonyl (C=O) groups excluding carboxylic acids is 1. The third-order valence-electron chi connectivity index (χ3n) is 3.61. The molecule has 0 saturated heterocycles. The average Bonchev–Trinajstić information content (AvgIpc) is 2.62. The number of hydrogen-bond acceptors (Lipinski definition) is 5. The Hall–Kier alpha value is -3.03. The molecule has 0 saturated carbocycles. The lowest BCUT2D eigenvalue weighted by atomic mass is 10.1. The van der Waals surface area contributed by atoms with Crippen molar-refractivity contribution in [2.75, 3.05) is 11.1 Å². The van der Waals surface area contributed by atoms with Gasteiger partial charge in [-0.2, -0.15) is 10.5 Å². The minimum atomic E-state index is -0.457. The smallest absolute Gasteiger partial charge is 0.289 e. The van der Waals surface area contributed by atoms with E-state index in [4.69, 9.17) is 11.0 Å². The lowest BCUT2D eigenvalue weighted by Gasteiger charge is -2.12. The molecule has 2 aromatic rings. The van der Waals surface area contributed by atoms with Crippen molar-refractivity contribution < 1.29 is 9.78 Å². The molecule has 4 N–H and O–H groups in total. The number of pyridine rings is 1. The molecule has 2 rings (SSSR count). The molecule has 0 unspecified atom stereocenters. The third-order valence-corrected chi connectivity index (χ3v) is 4.73. The molecule has 126 valence electrons. The monoisotopic (exact) mass is 352 g/mol. The van der Waals surface area contributed by atoms with Crippen molar-refractivity contribution in [2.45, 2.75) is 30.5 Å². The van der Waals surface area contributed by atoms with E-state index in [0.29, 0.717) is 5.03 Å². The van der Waals surface area contributed by atoms with E-state index in [1.54, 1.807) is 6.92 Å². The first-order valence-electron chi connectivity index (χ1n) is 7.71. The molecular weight excluding hydrogens is 334 g/mol. The number of anilines is 2. The van der Waals surface area contributed by atoms with Gasteiger partial charge in [-0.3, -0.25) is 10.5 Å². The van der Waals surface area contributed by atoms with Crippen molar-refractivity contribution in [1.29, 1.82) is 10.5 Å². The van der Waals surface area contributed by atoms with Gasteiger partial charge < -0.3 is 5.32 Å². The van der Waals surface area contributed by atoms with Gasteiger partial charge in [-0.25, -0.2) is 4.98 Å². The van der Waals surface area contributed by atoms with Crippen LogP contribution in [0.4, 0.5) is 11.5 Å². The number of nitriles is 2. The van der Waals surface area contributed by atoms with Crippen molar-refractivity contribution >= 4 is 29.2 Å². The summed E-state index contributed by atoms with van der Waals surface area (Å²) in [6, 6.07) is 13.0. The van der Waals surface area contributed by atoms with Gasteiger partial charge in [0.05, 0.1) is 5.25 Å². The maximum absolute atomic E-state index is 12.4. The summed E-state index contributed by atoms with van der Waals surface area (Å²) in [6.07, 6.45) is 0.938. The molecule has 0 radical (unpaired) electrons. The van der Waals surface area contributed by atoms with E-state index >= 15 is 0 Å². The zero-order valence-corrected chi connectivity index (χ0v) is 14.8. The van der Waals surface area contributed by atoms with Crippen LogP contribution in [0.1, 0.15) is 30.5 Å². The summed E-state index contributed by atoms with van der Waals surface area (Å²) >= 11 is 1.18. The average molecular weight is 352 g/mol. The number of aromatic nitrogens is 1. The zero-order valence-electron chi connectivity index (χ0n) is 14.0. The van der Waals surface area contributed by atoms with E-state index in [2.05, 4.69) is 17.2 Å². The molecule has 0 fully saturated rings. The second-order valence-corrected chi connectivity index (χ2v) is 6.71. The van der Waals surface area contributed by atoms with E-state index < -0.39 is 5.25 Å². The van der Waals surface area contributed by atoms with Crippen LogP contribution in [0.15, 0.2) is 35.4 Å². The van der Waals surface area contributed by atoms with Crippen molar-refractivity contribution in [3.63, 3.8) is 0 Å². The van der Waals surface area contributed by atoms with Crippen LogP contribution in [0.25, 0.3) is 0 Å². The molecule has 0 aliphatic rings. The number of H-pyrrole nitrogens is 1. The molecule has 25 heavy (non-hydrogen) atoms. The van der Waals surface area contributed by atoms with Crippen LogP contribution in [-0.4, -0.2) is 11.2 Å². The summed E-state index contributed by atoms with van der Waals surface area (Å²) < 4.78 is 0. The van der Waals surface area contributed by atoms with E-state index in [1.807, 2.05) is 36.4 Å². The number of nitrogens with two attached hydrogens (primary N) is 1. The predicted molar refractivity (Wildman–Crippen MR) is 96.6 cm³/mol. The quantitative estimate of drug-likeness (QED) is 0.802. The number of nitrogen functional groups attached to an aromatic ring is 1. The molecular formula is C18H18N5OS+. The van der Waals surface area contributed by atoms with Gasteiger partial charge in [-0.15, -0.1) is 0 Å². The molecule has 1 atom stereocenters. The van der Waals surface area contributed by atoms with Crippen LogP contribution in [0.3, 0.4) is 0 Å². The zero-order chi connectivity index (χ0) is 18.4. The first-order valence-corrected chi connectivity index (χ1v) is 8.58. The van der Waals surface area contributed by atoms with Crippen LogP contribution >= 0.6 is 11.8 Å². The number of benzene rings is 1. The second kappa shape index (κ2) is 8.18. The lowest BCUT2D eigenvalue weighted by Crippen LogP contribution is -2.25. The molecule has 7 heteroatoms. The Morgan fingerprint density at radius 1 is 1.28 bits per heavy atom. The molecule has 0 bridgehead atoms. The highest BCUT2D eigenvalue weighted by Gasteiger charge is 2.21. The Labute approximate surface area is 150 Å². The summed E-state index contributed by atoms with van der Waals surface area (Å²) in [6.45, 7) is 3.81. The summed E-state index contributed by atoms with van der Waals surface area (Å²) in [7, 11) is 0. The largest absolute Gasteiger partial charge is 0.325 e. The molecule has 6 nitrogen and oxygen atoms in total. The molecule has 0 aliphatic heterocycles. The van der Waals surface area contributed by atoms with Crippen LogP contribution in [0, 0.1) is 22.7 Å². The van der Waals surface area contributed by atoms with E-state index in [1.165, 1.54) is 23.4 Å². The summed E-state index contributed by atoms with van der Waals surface area (Å²) in [4.78, 5) is 15.2. The number of nitrogens with one attached hydrogen (secondary N) is 2. The molecule has 0 spiro atoms. The summed E-state index contributed by atoms with van der Waals surface area (Å²) in [5.74, 6) is -0.0127. The summed E-state index contributed by atoms with van der Waals surface area (Å²) in [5, 5.41) is 21.1. The van der Waals surface area contributed by atoms with Crippen LogP contribution in [-0.2, 0) is 11.2 Å². The van der Waals surface area contributed by atoms with Crippen LogP contribution in [0.2, 0.25) is 0 Å². The molecule has 1 amide bonds. The van der Waals surface area contributed by atoms with Gasteiger partial charge in [0.2, 0.25) is 5.91 Å². The number of nitrogens with zero attached hydrogens (tertiary/aromatic N) is 2. The van der Waals surface area contributed by atoms with Gasteiger partial charge in [0.25, 0.3) is 5.82 Å². The Balaban J connectivity index is 2.12. The van der Waals surface area contributed by atoms with Crippen molar-refractivity contribution in [1.82, 2.24) is 0 Å². The van der Waals surface area contributed by atoms with Gasteiger partial charge in [0.15, 0.2) is 5.03 Å². The van der Waals surface area contributed by atoms with Crippen molar-refractivity contribution in [2.24, 2.45) is 0 Å². The lowest BCUT2D eigenvalue weighted by molar-refractivity contribution is -0.410. The fraction of sp³-hybridized carbons (Fsp3) is 0.222. The third kappa shape index (κ3) is 4.50. The second-order valence-electron chi connectivity index (χ2n) is 5.36. The minimum absolute atomic E-state index is 0.173. The molecule has 1 aromatic heterocycles. The minimum Gasteiger partial charge on any atom is -0.325 e. The topological polar surface area (TPSA) is 117 Å². The van der Waals surface area contributed by atoms with Gasteiger partial charge in [-0.05, 0) is 37.1 Å². The fourth-order valence-electron chi connectivity index (χ4n) is 2.11. The Morgan fingerprint density at radius 2 is 1.92 bits per heavy atom. The maximum Gasteiger partial charge on any atom is 0.289 e. The predicted octanol–water partition coefficient (Wildman–Crippen LogP) is 2.51. The number of aryl methyl sites for hydroxylation is 1. The number of rotatable bonds is 5. The van der Waals surface area contributed by atoms with Gasteiger partial charge in [-0.1, -0.05) is 30.8 Å². The van der Waals surface area contributed by atoms with Crippen LogP contribution in [0.5, 0.6) is 0 Å². The van der Waals surface area contributed by atoms with Gasteiger partial charge in [0, 0.05) is 5.69 Å². The molecule has 1 aromatic carbocycles. The normalized spacial score (nSPS) is 11.2. The number of aromatic amines is 1. The van der Waals surface area contributed by atoms with Crippen molar-refractivity contribution in [3.05, 3.63) is 47.0 Å². The van der Waals surface area contributed by atoms with E-state index in [9.17, 15) is 10.1 Å². The van der Waals surface area contributed by atoms with Crippen molar-refractivity contribution in [3.8, 4) is 12.1 Å². The van der Waals surface area contributed by atoms with Gasteiger partial charge >= 0.3 is 0 Å².